The molecular formula is C30H17BrO. The molecule has 1 aromatic heterocycles. The topological polar surface area (TPSA) is 13.1 Å². The van der Waals surface area contributed by atoms with Crippen molar-refractivity contribution in [1.82, 2.24) is 0 Å². The molecule has 0 atom stereocenters. The number of hydrogen-bond acceptors (Lipinski definition) is 1. The maximum atomic E-state index is 6.36. The SMILES string of the molecule is Brc1c2ccccc2c(-c2ccc3c(c2)oc2ccc4ccccc4c23)c2ccccc12. The van der Waals surface area contributed by atoms with E-state index >= 15 is 0 Å². The molecule has 2 heteroatoms. The van der Waals surface area contributed by atoms with Crippen LogP contribution in [0, 0.1) is 0 Å². The van der Waals surface area contributed by atoms with Gasteiger partial charge in [0.2, 0.25) is 0 Å². The van der Waals surface area contributed by atoms with Crippen molar-refractivity contribution in [2.24, 2.45) is 0 Å². The molecule has 0 saturated carbocycles. The van der Waals surface area contributed by atoms with Gasteiger partial charge in [0.15, 0.2) is 0 Å². The molecule has 7 aromatic rings. The van der Waals surface area contributed by atoms with Gasteiger partial charge in [-0.3, -0.25) is 0 Å². The molecule has 0 aliphatic carbocycles. The third-order valence-electron chi connectivity index (χ3n) is 6.52. The van der Waals surface area contributed by atoms with Crippen LogP contribution in [0.2, 0.25) is 0 Å². The minimum absolute atomic E-state index is 0.921. The Bertz CT molecular complexity index is 1780. The summed E-state index contributed by atoms with van der Waals surface area (Å²) in [5.41, 5.74) is 4.26. The van der Waals surface area contributed by atoms with E-state index in [0.717, 1.165) is 21.0 Å². The number of benzene rings is 6. The smallest absolute Gasteiger partial charge is 0.136 e. The van der Waals surface area contributed by atoms with E-state index < -0.39 is 0 Å². The Balaban J connectivity index is 1.60. The minimum Gasteiger partial charge on any atom is -0.456 e. The second kappa shape index (κ2) is 6.69. The van der Waals surface area contributed by atoms with Gasteiger partial charge in [0.05, 0.1) is 0 Å². The molecule has 1 heterocycles. The van der Waals surface area contributed by atoms with Gasteiger partial charge >= 0.3 is 0 Å². The molecule has 0 unspecified atom stereocenters. The summed E-state index contributed by atoms with van der Waals surface area (Å²) in [6, 6.07) is 36.6. The van der Waals surface area contributed by atoms with Gasteiger partial charge in [0.25, 0.3) is 0 Å². The Morgan fingerprint density at radius 2 is 1.12 bits per heavy atom. The van der Waals surface area contributed by atoms with Gasteiger partial charge in [-0.25, -0.2) is 0 Å². The van der Waals surface area contributed by atoms with Crippen molar-refractivity contribution in [3.8, 4) is 11.1 Å². The summed E-state index contributed by atoms with van der Waals surface area (Å²) < 4.78 is 7.50. The molecule has 6 aromatic carbocycles. The first kappa shape index (κ1) is 18.0. The van der Waals surface area contributed by atoms with E-state index in [1.54, 1.807) is 0 Å². The van der Waals surface area contributed by atoms with E-state index in [1.807, 2.05) is 0 Å². The van der Waals surface area contributed by atoms with Crippen LogP contribution in [0.5, 0.6) is 0 Å². The fourth-order valence-corrected chi connectivity index (χ4v) is 5.78. The summed E-state index contributed by atoms with van der Waals surface area (Å²) in [5.74, 6) is 0. The van der Waals surface area contributed by atoms with Crippen LogP contribution in [0.3, 0.4) is 0 Å². The highest BCUT2D eigenvalue weighted by Crippen LogP contribution is 2.43. The first-order chi connectivity index (χ1) is 15.8. The molecule has 0 N–H and O–H groups in total. The van der Waals surface area contributed by atoms with Gasteiger partial charge in [-0.2, -0.15) is 0 Å². The molecule has 32 heavy (non-hydrogen) atoms. The van der Waals surface area contributed by atoms with Crippen molar-refractivity contribution < 1.29 is 4.42 Å². The quantitative estimate of drug-likeness (QED) is 0.217. The average molecular weight is 473 g/mol. The predicted molar refractivity (Wildman–Crippen MR) is 139 cm³/mol. The first-order valence-electron chi connectivity index (χ1n) is 10.7. The van der Waals surface area contributed by atoms with E-state index in [2.05, 4.69) is 119 Å². The maximum absolute atomic E-state index is 6.36. The van der Waals surface area contributed by atoms with Crippen LogP contribution in [0.25, 0.3) is 65.4 Å². The Labute approximate surface area is 193 Å². The van der Waals surface area contributed by atoms with Gasteiger partial charge in [0, 0.05) is 15.2 Å². The monoisotopic (exact) mass is 472 g/mol. The highest BCUT2D eigenvalue weighted by atomic mass is 79.9. The van der Waals surface area contributed by atoms with Gasteiger partial charge in [-0.1, -0.05) is 84.9 Å². The summed E-state index contributed by atoms with van der Waals surface area (Å²) in [7, 11) is 0. The van der Waals surface area contributed by atoms with E-state index in [0.29, 0.717) is 0 Å². The third kappa shape index (κ3) is 2.44. The zero-order valence-electron chi connectivity index (χ0n) is 17.1. The van der Waals surface area contributed by atoms with Crippen LogP contribution in [0.15, 0.2) is 112 Å². The molecule has 0 radical (unpaired) electrons. The van der Waals surface area contributed by atoms with Crippen LogP contribution in [-0.2, 0) is 0 Å². The van der Waals surface area contributed by atoms with E-state index in [4.69, 9.17) is 4.42 Å². The summed E-state index contributed by atoms with van der Waals surface area (Å²) in [6.45, 7) is 0. The standard InChI is InChI=1S/C30H17BrO/c31-30-23-11-5-3-9-21(23)28(22-10-4-6-12-24(22)30)19-13-15-25-27(17-19)32-26-16-14-18-7-1-2-8-20(18)29(25)26/h1-17H. The Morgan fingerprint density at radius 3 is 1.84 bits per heavy atom. The van der Waals surface area contributed by atoms with Gasteiger partial charge in [-0.05, 0) is 77.6 Å². The fourth-order valence-electron chi connectivity index (χ4n) is 5.09. The second-order valence-corrected chi connectivity index (χ2v) is 9.05. The molecule has 1 nitrogen and oxygen atoms in total. The van der Waals surface area contributed by atoms with Crippen LogP contribution in [0.1, 0.15) is 0 Å². The molecule has 0 amide bonds. The maximum Gasteiger partial charge on any atom is 0.136 e. The summed E-state index contributed by atoms with van der Waals surface area (Å²) >= 11 is 3.86. The number of rotatable bonds is 1. The van der Waals surface area contributed by atoms with Crippen molar-refractivity contribution in [2.75, 3.05) is 0 Å². The molecule has 0 spiro atoms. The van der Waals surface area contributed by atoms with Crippen LogP contribution in [-0.4, -0.2) is 0 Å². The third-order valence-corrected chi connectivity index (χ3v) is 7.37. The first-order valence-corrected chi connectivity index (χ1v) is 11.5. The highest BCUT2D eigenvalue weighted by Gasteiger charge is 2.16. The van der Waals surface area contributed by atoms with Crippen molar-refractivity contribution in [2.45, 2.75) is 0 Å². The van der Waals surface area contributed by atoms with Gasteiger partial charge < -0.3 is 4.42 Å². The predicted octanol–water partition coefficient (Wildman–Crippen LogP) is 9.48. The molecule has 0 aliphatic rings. The second-order valence-electron chi connectivity index (χ2n) is 8.25. The molecule has 150 valence electrons. The molecule has 0 saturated heterocycles. The Morgan fingerprint density at radius 1 is 0.500 bits per heavy atom. The number of fused-ring (bicyclic) bond motifs is 7. The summed E-state index contributed by atoms with van der Waals surface area (Å²) in [5, 5.41) is 9.72. The lowest BCUT2D eigenvalue weighted by atomic mass is 9.91. The molecule has 7 rings (SSSR count). The zero-order chi connectivity index (χ0) is 21.2. The minimum atomic E-state index is 0.921. The normalized spacial score (nSPS) is 11.9. The summed E-state index contributed by atoms with van der Waals surface area (Å²) in [4.78, 5) is 0. The van der Waals surface area contributed by atoms with E-state index in [9.17, 15) is 0 Å². The lowest BCUT2D eigenvalue weighted by molar-refractivity contribution is 0.669. The Kier molecular flexibility index (Phi) is 3.76. The fraction of sp³-hybridized carbons (Fsp3) is 0. The van der Waals surface area contributed by atoms with Crippen molar-refractivity contribution >= 4 is 70.2 Å². The Hall–Kier alpha value is -3.62. The van der Waals surface area contributed by atoms with Gasteiger partial charge in [0.1, 0.15) is 11.2 Å². The van der Waals surface area contributed by atoms with Crippen LogP contribution in [0.4, 0.5) is 0 Å². The van der Waals surface area contributed by atoms with Crippen LogP contribution < -0.4 is 0 Å². The van der Waals surface area contributed by atoms with Crippen molar-refractivity contribution in [3.63, 3.8) is 0 Å². The molecule has 0 bridgehead atoms. The molecule has 0 aliphatic heterocycles. The molecular weight excluding hydrogens is 456 g/mol. The summed E-state index contributed by atoms with van der Waals surface area (Å²) in [6.07, 6.45) is 0. The van der Waals surface area contributed by atoms with E-state index in [-0.39, 0.29) is 0 Å². The van der Waals surface area contributed by atoms with Crippen molar-refractivity contribution in [1.29, 1.82) is 0 Å². The zero-order valence-corrected chi connectivity index (χ0v) is 18.7. The number of hydrogen-bond donors (Lipinski definition) is 0. The van der Waals surface area contributed by atoms with E-state index in [1.165, 1.54) is 48.8 Å². The number of furan rings is 1. The lowest BCUT2D eigenvalue weighted by Crippen LogP contribution is -1.87. The number of halogens is 1. The van der Waals surface area contributed by atoms with Crippen LogP contribution >= 0.6 is 15.9 Å². The van der Waals surface area contributed by atoms with Gasteiger partial charge in [-0.15, -0.1) is 0 Å². The average Bonchev–Trinajstić information content (AvgIpc) is 3.23. The molecule has 0 fully saturated rings. The lowest BCUT2D eigenvalue weighted by Gasteiger charge is -2.14. The largest absolute Gasteiger partial charge is 0.456 e. The van der Waals surface area contributed by atoms with Crippen molar-refractivity contribution in [3.05, 3.63) is 108 Å². The highest BCUT2D eigenvalue weighted by molar-refractivity contribution is 9.10.